The van der Waals surface area contributed by atoms with Crippen LogP contribution in [0.25, 0.3) is 0 Å². The molecule has 0 aliphatic carbocycles. The first-order chi connectivity index (χ1) is 6.66. The number of rotatable bonds is 9. The lowest BCUT2D eigenvalue weighted by Crippen LogP contribution is -2.25. The van der Waals surface area contributed by atoms with Crippen molar-refractivity contribution >= 4 is 11.8 Å². The first kappa shape index (κ1) is 14.3. The van der Waals surface area contributed by atoms with E-state index in [1.165, 1.54) is 30.9 Å². The van der Waals surface area contributed by atoms with Gasteiger partial charge in [-0.25, -0.2) is 0 Å². The van der Waals surface area contributed by atoms with Crippen LogP contribution in [-0.4, -0.2) is 24.6 Å². The lowest BCUT2D eigenvalue weighted by atomic mass is 10.1. The quantitative estimate of drug-likeness (QED) is 0.594. The third-order valence-electron chi connectivity index (χ3n) is 2.24. The van der Waals surface area contributed by atoms with E-state index in [1.54, 1.807) is 0 Å². The van der Waals surface area contributed by atoms with E-state index in [0.29, 0.717) is 0 Å². The van der Waals surface area contributed by atoms with Crippen molar-refractivity contribution in [2.24, 2.45) is 11.8 Å². The Kier molecular flexibility index (Phi) is 10.1. The standard InChI is InChI=1S/C12H27NS/c1-5-14-8-6-7-12(4)10-13-9-11(2)3/h11-13H,5-10H2,1-4H3. The molecule has 1 unspecified atom stereocenters. The second-order valence-electron chi connectivity index (χ2n) is 4.50. The first-order valence-electron chi connectivity index (χ1n) is 5.95. The topological polar surface area (TPSA) is 12.0 Å². The summed E-state index contributed by atoms with van der Waals surface area (Å²) in [4.78, 5) is 0. The third kappa shape index (κ3) is 10.4. The Labute approximate surface area is 94.4 Å². The van der Waals surface area contributed by atoms with Crippen LogP contribution in [0, 0.1) is 11.8 Å². The fourth-order valence-electron chi connectivity index (χ4n) is 1.40. The molecule has 86 valence electrons. The second kappa shape index (κ2) is 9.85. The molecule has 1 atom stereocenters. The van der Waals surface area contributed by atoms with Crippen LogP contribution in [-0.2, 0) is 0 Å². The fraction of sp³-hybridized carbons (Fsp3) is 1.00. The lowest BCUT2D eigenvalue weighted by molar-refractivity contribution is 0.451. The van der Waals surface area contributed by atoms with E-state index in [1.807, 2.05) is 0 Å². The van der Waals surface area contributed by atoms with Crippen molar-refractivity contribution in [3.8, 4) is 0 Å². The minimum Gasteiger partial charge on any atom is -0.316 e. The molecular formula is C12H27NS. The van der Waals surface area contributed by atoms with Gasteiger partial charge in [0.25, 0.3) is 0 Å². The zero-order valence-electron chi connectivity index (χ0n) is 10.3. The molecule has 0 fully saturated rings. The number of thioether (sulfide) groups is 1. The zero-order valence-corrected chi connectivity index (χ0v) is 11.1. The number of hydrogen-bond acceptors (Lipinski definition) is 2. The minimum absolute atomic E-state index is 0.776. The molecule has 1 N–H and O–H groups in total. The highest BCUT2D eigenvalue weighted by atomic mass is 32.2. The van der Waals surface area contributed by atoms with Gasteiger partial charge in [-0.1, -0.05) is 27.7 Å². The SMILES string of the molecule is CCSCCCC(C)CNCC(C)C. The van der Waals surface area contributed by atoms with Gasteiger partial charge in [-0.2, -0.15) is 11.8 Å². The number of hydrogen-bond donors (Lipinski definition) is 1. The molecule has 0 aliphatic heterocycles. The highest BCUT2D eigenvalue weighted by Crippen LogP contribution is 2.09. The molecule has 0 saturated carbocycles. The van der Waals surface area contributed by atoms with E-state index in [4.69, 9.17) is 0 Å². The summed E-state index contributed by atoms with van der Waals surface area (Å²) in [6, 6.07) is 0. The van der Waals surface area contributed by atoms with Gasteiger partial charge < -0.3 is 5.32 Å². The van der Waals surface area contributed by atoms with Crippen molar-refractivity contribution < 1.29 is 0 Å². The van der Waals surface area contributed by atoms with Crippen molar-refractivity contribution in [3.05, 3.63) is 0 Å². The van der Waals surface area contributed by atoms with E-state index in [-0.39, 0.29) is 0 Å². The zero-order chi connectivity index (χ0) is 10.8. The Morgan fingerprint density at radius 1 is 1.14 bits per heavy atom. The van der Waals surface area contributed by atoms with Gasteiger partial charge in [0.2, 0.25) is 0 Å². The molecule has 2 heteroatoms. The van der Waals surface area contributed by atoms with Gasteiger partial charge in [-0.3, -0.25) is 0 Å². The summed E-state index contributed by atoms with van der Waals surface area (Å²) in [5.74, 6) is 4.22. The van der Waals surface area contributed by atoms with E-state index in [0.717, 1.165) is 18.4 Å². The first-order valence-corrected chi connectivity index (χ1v) is 7.10. The van der Waals surface area contributed by atoms with Crippen molar-refractivity contribution in [2.45, 2.75) is 40.5 Å². The van der Waals surface area contributed by atoms with E-state index in [9.17, 15) is 0 Å². The van der Waals surface area contributed by atoms with Crippen molar-refractivity contribution in [2.75, 3.05) is 24.6 Å². The van der Waals surface area contributed by atoms with E-state index >= 15 is 0 Å². The second-order valence-corrected chi connectivity index (χ2v) is 5.89. The Bertz CT molecular complexity index is 115. The predicted octanol–water partition coefficient (Wildman–Crippen LogP) is 3.40. The van der Waals surface area contributed by atoms with Gasteiger partial charge in [-0.05, 0) is 49.3 Å². The van der Waals surface area contributed by atoms with Gasteiger partial charge in [0.1, 0.15) is 0 Å². The molecule has 0 rings (SSSR count). The normalized spacial score (nSPS) is 13.5. The Balaban J connectivity index is 3.15. The average molecular weight is 217 g/mol. The Morgan fingerprint density at radius 3 is 2.43 bits per heavy atom. The van der Waals surface area contributed by atoms with Crippen molar-refractivity contribution in [3.63, 3.8) is 0 Å². The van der Waals surface area contributed by atoms with Crippen LogP contribution in [0.2, 0.25) is 0 Å². The predicted molar refractivity (Wildman–Crippen MR) is 69.1 cm³/mol. The van der Waals surface area contributed by atoms with Crippen molar-refractivity contribution in [1.29, 1.82) is 0 Å². The van der Waals surface area contributed by atoms with Gasteiger partial charge in [0.05, 0.1) is 0 Å². The molecule has 0 aromatic carbocycles. The largest absolute Gasteiger partial charge is 0.316 e. The Morgan fingerprint density at radius 2 is 1.86 bits per heavy atom. The van der Waals surface area contributed by atoms with Crippen LogP contribution in [0.1, 0.15) is 40.5 Å². The van der Waals surface area contributed by atoms with Gasteiger partial charge >= 0.3 is 0 Å². The van der Waals surface area contributed by atoms with E-state index < -0.39 is 0 Å². The lowest BCUT2D eigenvalue weighted by Gasteiger charge is -2.13. The minimum atomic E-state index is 0.776. The highest BCUT2D eigenvalue weighted by molar-refractivity contribution is 7.99. The van der Waals surface area contributed by atoms with Crippen LogP contribution in [0.3, 0.4) is 0 Å². The Hall–Kier alpha value is 0.310. The van der Waals surface area contributed by atoms with Crippen LogP contribution >= 0.6 is 11.8 Å². The molecule has 0 aromatic rings. The maximum absolute atomic E-state index is 3.52. The molecule has 1 nitrogen and oxygen atoms in total. The molecule has 0 spiro atoms. The molecule has 0 heterocycles. The molecule has 0 bridgehead atoms. The smallest absolute Gasteiger partial charge is 0.00230 e. The maximum Gasteiger partial charge on any atom is -0.00230 e. The van der Waals surface area contributed by atoms with Gasteiger partial charge in [-0.15, -0.1) is 0 Å². The van der Waals surface area contributed by atoms with E-state index in [2.05, 4.69) is 44.8 Å². The molecule has 0 aliphatic rings. The molecule has 14 heavy (non-hydrogen) atoms. The van der Waals surface area contributed by atoms with Crippen molar-refractivity contribution in [1.82, 2.24) is 5.32 Å². The maximum atomic E-state index is 3.52. The van der Waals surface area contributed by atoms with Crippen LogP contribution in [0.5, 0.6) is 0 Å². The highest BCUT2D eigenvalue weighted by Gasteiger charge is 2.01. The molecule has 0 aromatic heterocycles. The number of nitrogens with one attached hydrogen (secondary N) is 1. The monoisotopic (exact) mass is 217 g/mol. The fourth-order valence-corrected chi connectivity index (χ4v) is 2.06. The molecule has 0 radical (unpaired) electrons. The average Bonchev–Trinajstić information content (AvgIpc) is 2.12. The summed E-state index contributed by atoms with van der Waals surface area (Å²) in [7, 11) is 0. The molecular weight excluding hydrogens is 190 g/mol. The van der Waals surface area contributed by atoms with Gasteiger partial charge in [0.15, 0.2) is 0 Å². The summed E-state index contributed by atoms with van der Waals surface area (Å²) in [5, 5.41) is 3.52. The third-order valence-corrected chi connectivity index (χ3v) is 3.22. The molecule has 0 saturated heterocycles. The van der Waals surface area contributed by atoms with Gasteiger partial charge in [0, 0.05) is 0 Å². The summed E-state index contributed by atoms with van der Waals surface area (Å²) in [6.45, 7) is 11.5. The van der Waals surface area contributed by atoms with Crippen LogP contribution in [0.15, 0.2) is 0 Å². The summed E-state index contributed by atoms with van der Waals surface area (Å²) < 4.78 is 0. The van der Waals surface area contributed by atoms with Crippen LogP contribution < -0.4 is 5.32 Å². The van der Waals surface area contributed by atoms with Crippen LogP contribution in [0.4, 0.5) is 0 Å². The summed E-state index contributed by atoms with van der Waals surface area (Å²) in [5.41, 5.74) is 0. The summed E-state index contributed by atoms with van der Waals surface area (Å²) >= 11 is 2.06. The summed E-state index contributed by atoms with van der Waals surface area (Å²) in [6.07, 6.45) is 2.75. The molecule has 0 amide bonds.